The van der Waals surface area contributed by atoms with Gasteiger partial charge in [-0.2, -0.15) is 4.31 Å². The number of carbonyl (C=O) groups is 2. The van der Waals surface area contributed by atoms with Crippen LogP contribution in [0.15, 0.2) is 89.2 Å². The number of pyridine rings is 1. The van der Waals surface area contributed by atoms with Crippen LogP contribution >= 0.6 is 0 Å². The monoisotopic (exact) mass is 692 g/mol. The first-order chi connectivity index (χ1) is 23.4. The van der Waals surface area contributed by atoms with E-state index in [-0.39, 0.29) is 42.3 Å². The van der Waals surface area contributed by atoms with E-state index in [2.05, 4.69) is 15.5 Å². The standard InChI is InChI=1S/C36H48N6O6S/c1-5-27(4)34(42-19-18-40(36(42)45)24-30-12-9-17-37-21-30)35(44)39-32(20-28-10-7-6-8-11-28)33(43)25-41(23-26(2)3)49(47,48)31-15-13-29(14-16-31)22-38-46/h6-17,21-22,26-27,32-34,43,46H,5,18-20,23-25H2,1-4H3,(H,39,44)/t27-,32-,33-,34-/m0/s1. The Balaban J connectivity index is 1.59. The van der Waals surface area contributed by atoms with E-state index in [4.69, 9.17) is 5.21 Å². The van der Waals surface area contributed by atoms with Gasteiger partial charge in [0.2, 0.25) is 15.9 Å². The maximum Gasteiger partial charge on any atom is 0.321 e. The van der Waals surface area contributed by atoms with E-state index in [0.717, 1.165) is 11.1 Å². The SMILES string of the molecule is CC[C@H](C)[C@@H](C(=O)N[C@@H](Cc1ccccc1)[C@@H](O)CN(CC(C)C)S(=O)(=O)c1ccc(C=NO)cc1)N1CCN(Cc2cccnc2)C1=O. The Bertz CT molecular complexity index is 1640. The zero-order valence-corrected chi connectivity index (χ0v) is 29.4. The predicted molar refractivity (Wildman–Crippen MR) is 187 cm³/mol. The highest BCUT2D eigenvalue weighted by atomic mass is 32.2. The number of aliphatic hydroxyl groups is 1. The average molecular weight is 693 g/mol. The zero-order chi connectivity index (χ0) is 35.6. The van der Waals surface area contributed by atoms with Gasteiger partial charge in [0.15, 0.2) is 0 Å². The minimum Gasteiger partial charge on any atom is -0.411 e. The van der Waals surface area contributed by atoms with E-state index in [9.17, 15) is 23.1 Å². The van der Waals surface area contributed by atoms with Crippen LogP contribution in [0.5, 0.6) is 0 Å². The molecule has 0 unspecified atom stereocenters. The van der Waals surface area contributed by atoms with Crippen molar-refractivity contribution >= 4 is 28.2 Å². The van der Waals surface area contributed by atoms with Crippen molar-refractivity contribution < 1.29 is 28.3 Å². The van der Waals surface area contributed by atoms with Crippen molar-refractivity contribution in [2.75, 3.05) is 26.2 Å². The van der Waals surface area contributed by atoms with Gasteiger partial charge in [-0.25, -0.2) is 13.2 Å². The van der Waals surface area contributed by atoms with Crippen LogP contribution in [-0.2, 0) is 27.8 Å². The zero-order valence-electron chi connectivity index (χ0n) is 28.6. The van der Waals surface area contributed by atoms with Gasteiger partial charge in [-0.05, 0) is 53.1 Å². The molecule has 1 aromatic heterocycles. The maximum absolute atomic E-state index is 14.2. The highest BCUT2D eigenvalue weighted by Gasteiger charge is 2.41. The van der Waals surface area contributed by atoms with E-state index in [1.165, 1.54) is 34.8 Å². The summed E-state index contributed by atoms with van der Waals surface area (Å²) in [5.74, 6) is -0.644. The number of rotatable bonds is 17. The lowest BCUT2D eigenvalue weighted by Gasteiger charge is -2.35. The van der Waals surface area contributed by atoms with E-state index < -0.39 is 34.1 Å². The first-order valence-electron chi connectivity index (χ1n) is 16.7. The lowest BCUT2D eigenvalue weighted by molar-refractivity contribution is -0.128. The summed E-state index contributed by atoms with van der Waals surface area (Å²) in [6, 6.07) is 17.1. The van der Waals surface area contributed by atoms with Crippen LogP contribution in [0, 0.1) is 11.8 Å². The molecule has 264 valence electrons. The Labute approximate surface area is 289 Å². The lowest BCUT2D eigenvalue weighted by atomic mass is 9.95. The van der Waals surface area contributed by atoms with Gasteiger partial charge in [-0.1, -0.05) is 87.8 Å². The number of aliphatic hydroxyl groups excluding tert-OH is 1. The van der Waals surface area contributed by atoms with E-state index in [0.29, 0.717) is 31.6 Å². The van der Waals surface area contributed by atoms with Crippen LogP contribution in [0.1, 0.15) is 50.8 Å². The summed E-state index contributed by atoms with van der Waals surface area (Å²) in [5, 5.41) is 26.6. The Morgan fingerprint density at radius 2 is 1.71 bits per heavy atom. The molecule has 4 atom stereocenters. The fourth-order valence-electron chi connectivity index (χ4n) is 6.02. The third-order valence-corrected chi connectivity index (χ3v) is 10.6. The number of nitrogens with one attached hydrogen (secondary N) is 1. The molecule has 13 heteroatoms. The molecule has 0 aliphatic carbocycles. The molecule has 1 saturated heterocycles. The first-order valence-corrected chi connectivity index (χ1v) is 18.1. The highest BCUT2D eigenvalue weighted by molar-refractivity contribution is 7.89. The van der Waals surface area contributed by atoms with Crippen LogP contribution in [0.3, 0.4) is 0 Å². The number of aromatic nitrogens is 1. The Morgan fingerprint density at radius 3 is 2.33 bits per heavy atom. The molecule has 4 rings (SSSR count). The molecule has 3 aromatic rings. The summed E-state index contributed by atoms with van der Waals surface area (Å²) in [7, 11) is -4.05. The summed E-state index contributed by atoms with van der Waals surface area (Å²) in [6.45, 7) is 8.75. The van der Waals surface area contributed by atoms with Crippen LogP contribution in [0.2, 0.25) is 0 Å². The van der Waals surface area contributed by atoms with Crippen molar-refractivity contribution in [3.05, 3.63) is 95.8 Å². The van der Waals surface area contributed by atoms with Crippen molar-refractivity contribution in [3.63, 3.8) is 0 Å². The third-order valence-electron chi connectivity index (χ3n) is 8.79. The molecule has 2 aromatic carbocycles. The van der Waals surface area contributed by atoms with Gasteiger partial charge >= 0.3 is 6.03 Å². The molecule has 0 spiro atoms. The smallest absolute Gasteiger partial charge is 0.321 e. The van der Waals surface area contributed by atoms with Crippen molar-refractivity contribution in [2.45, 2.75) is 70.2 Å². The number of nitrogens with zero attached hydrogens (tertiary/aromatic N) is 5. The number of sulfonamides is 1. The fraction of sp³-hybridized carbons (Fsp3) is 0.444. The molecule has 1 fully saturated rings. The van der Waals surface area contributed by atoms with E-state index in [1.54, 1.807) is 22.2 Å². The van der Waals surface area contributed by atoms with Crippen molar-refractivity contribution in [3.8, 4) is 0 Å². The Hall–Kier alpha value is -4.33. The average Bonchev–Trinajstić information content (AvgIpc) is 3.43. The molecule has 0 bridgehead atoms. The van der Waals surface area contributed by atoms with Gasteiger partial charge < -0.3 is 25.4 Å². The van der Waals surface area contributed by atoms with Crippen LogP contribution in [0.25, 0.3) is 0 Å². The number of amides is 3. The number of oxime groups is 1. The normalized spacial score (nSPS) is 16.3. The number of urea groups is 1. The fourth-order valence-corrected chi connectivity index (χ4v) is 7.65. The third kappa shape index (κ3) is 9.87. The molecule has 12 nitrogen and oxygen atoms in total. The van der Waals surface area contributed by atoms with Gasteiger partial charge in [0.05, 0.1) is 23.3 Å². The summed E-state index contributed by atoms with van der Waals surface area (Å²) in [5.41, 5.74) is 2.27. The Kier molecular flexibility index (Phi) is 13.3. The second kappa shape index (κ2) is 17.4. The number of hydrogen-bond donors (Lipinski definition) is 3. The molecule has 2 heterocycles. The van der Waals surface area contributed by atoms with Crippen LogP contribution in [-0.4, -0.2) is 100 Å². The molecule has 0 radical (unpaired) electrons. The summed E-state index contributed by atoms with van der Waals surface area (Å²) in [4.78, 5) is 35.3. The molecular weight excluding hydrogens is 644 g/mol. The van der Waals surface area contributed by atoms with Crippen LogP contribution in [0.4, 0.5) is 4.79 Å². The second-order valence-electron chi connectivity index (χ2n) is 13.0. The molecule has 1 aliphatic heterocycles. The van der Waals surface area contributed by atoms with Gasteiger partial charge in [-0.15, -0.1) is 0 Å². The summed E-state index contributed by atoms with van der Waals surface area (Å²) < 4.78 is 29.0. The van der Waals surface area contributed by atoms with Crippen molar-refractivity contribution in [2.24, 2.45) is 17.0 Å². The number of carbonyl (C=O) groups excluding carboxylic acids is 2. The molecular formula is C36H48N6O6S. The van der Waals surface area contributed by atoms with Gasteiger partial charge in [0.1, 0.15) is 6.04 Å². The molecule has 1 aliphatic rings. The minimum absolute atomic E-state index is 0.0271. The molecule has 0 saturated carbocycles. The summed E-state index contributed by atoms with van der Waals surface area (Å²) in [6.07, 6.45) is 4.19. The van der Waals surface area contributed by atoms with E-state index in [1.807, 2.05) is 70.2 Å². The van der Waals surface area contributed by atoms with Crippen LogP contribution < -0.4 is 5.32 Å². The van der Waals surface area contributed by atoms with Gasteiger partial charge in [0, 0.05) is 45.1 Å². The topological polar surface area (TPSA) is 156 Å². The predicted octanol–water partition coefficient (Wildman–Crippen LogP) is 3.98. The van der Waals surface area contributed by atoms with E-state index >= 15 is 0 Å². The van der Waals surface area contributed by atoms with Gasteiger partial charge in [-0.3, -0.25) is 9.78 Å². The lowest BCUT2D eigenvalue weighted by Crippen LogP contribution is -2.57. The van der Waals surface area contributed by atoms with Crippen molar-refractivity contribution in [1.29, 1.82) is 0 Å². The number of hydrogen-bond acceptors (Lipinski definition) is 8. The highest BCUT2D eigenvalue weighted by Crippen LogP contribution is 2.24. The first kappa shape index (κ1) is 37.5. The largest absolute Gasteiger partial charge is 0.411 e. The second-order valence-corrected chi connectivity index (χ2v) is 14.9. The maximum atomic E-state index is 14.2. The molecule has 3 amide bonds. The van der Waals surface area contributed by atoms with Crippen molar-refractivity contribution in [1.82, 2.24) is 24.4 Å². The molecule has 3 N–H and O–H groups in total. The molecule has 49 heavy (non-hydrogen) atoms. The quantitative estimate of drug-likeness (QED) is 0.110. The number of benzene rings is 2. The minimum atomic E-state index is -4.05. The van der Waals surface area contributed by atoms with Gasteiger partial charge in [0.25, 0.3) is 0 Å². The summed E-state index contributed by atoms with van der Waals surface area (Å²) >= 11 is 0. The Morgan fingerprint density at radius 1 is 1.02 bits per heavy atom.